The number of amides is 2. The number of carbonyl (C=O) groups is 2. The Morgan fingerprint density at radius 2 is 1.79 bits per heavy atom. The monoisotopic (exact) mass is 402 g/mol. The van der Waals surface area contributed by atoms with Gasteiger partial charge in [0.15, 0.2) is 11.5 Å². The summed E-state index contributed by atoms with van der Waals surface area (Å²) in [6, 6.07) is 11.8. The summed E-state index contributed by atoms with van der Waals surface area (Å²) >= 11 is 1.43. The number of ether oxygens (including phenoxy) is 2. The molecule has 7 nitrogen and oxygen atoms in total. The van der Waals surface area contributed by atoms with Crippen molar-refractivity contribution in [2.24, 2.45) is 0 Å². The van der Waals surface area contributed by atoms with Crippen LogP contribution in [0.15, 0.2) is 47.4 Å². The largest absolute Gasteiger partial charge is 0.508 e. The number of fused-ring (bicyclic) bond motifs is 1. The second kappa shape index (κ2) is 9.89. The normalized spacial score (nSPS) is 12.3. The van der Waals surface area contributed by atoms with Crippen molar-refractivity contribution >= 4 is 23.6 Å². The van der Waals surface area contributed by atoms with Crippen LogP contribution in [0.1, 0.15) is 16.8 Å². The molecule has 0 bridgehead atoms. The van der Waals surface area contributed by atoms with Crippen molar-refractivity contribution in [1.29, 1.82) is 0 Å². The molecule has 0 saturated heterocycles. The predicted molar refractivity (Wildman–Crippen MR) is 106 cm³/mol. The average molecular weight is 402 g/mol. The third-order valence-corrected chi connectivity index (χ3v) is 4.95. The lowest BCUT2D eigenvalue weighted by atomic mass is 10.2. The number of phenols is 1. The first kappa shape index (κ1) is 19.9. The molecule has 3 N–H and O–H groups in total. The molecule has 3 rings (SSSR count). The molecule has 0 unspecified atom stereocenters. The van der Waals surface area contributed by atoms with Crippen molar-refractivity contribution in [2.75, 3.05) is 32.1 Å². The summed E-state index contributed by atoms with van der Waals surface area (Å²) in [6.07, 6.45) is 0.616. The predicted octanol–water partition coefficient (Wildman–Crippen LogP) is 2.19. The molecule has 2 amide bonds. The van der Waals surface area contributed by atoms with Gasteiger partial charge in [-0.3, -0.25) is 9.59 Å². The molecular formula is C20H22N2O5S. The van der Waals surface area contributed by atoms with Gasteiger partial charge in [0.05, 0.1) is 5.75 Å². The molecule has 0 aliphatic carbocycles. The van der Waals surface area contributed by atoms with Crippen molar-refractivity contribution in [2.45, 2.75) is 11.3 Å². The molecule has 0 saturated carbocycles. The van der Waals surface area contributed by atoms with Crippen LogP contribution in [-0.4, -0.2) is 49.0 Å². The fourth-order valence-corrected chi connectivity index (χ4v) is 3.34. The van der Waals surface area contributed by atoms with Crippen molar-refractivity contribution in [1.82, 2.24) is 10.6 Å². The van der Waals surface area contributed by atoms with Gasteiger partial charge in [-0.15, -0.1) is 11.8 Å². The number of hydrogen-bond donors (Lipinski definition) is 3. The Morgan fingerprint density at radius 1 is 1.00 bits per heavy atom. The van der Waals surface area contributed by atoms with E-state index >= 15 is 0 Å². The maximum Gasteiger partial charge on any atom is 0.251 e. The van der Waals surface area contributed by atoms with Crippen molar-refractivity contribution < 1.29 is 24.2 Å². The fraction of sp³-hybridized carbons (Fsp3) is 0.300. The Balaban J connectivity index is 1.31. The summed E-state index contributed by atoms with van der Waals surface area (Å²) in [5.74, 6) is 1.47. The van der Waals surface area contributed by atoms with Crippen molar-refractivity contribution in [3.8, 4) is 17.2 Å². The van der Waals surface area contributed by atoms with E-state index in [1.54, 1.807) is 12.1 Å². The van der Waals surface area contributed by atoms with Crippen LogP contribution in [0.4, 0.5) is 0 Å². The van der Waals surface area contributed by atoms with E-state index in [2.05, 4.69) is 10.6 Å². The number of phenolic OH excluding ortho intramolecular Hbond substituents is 1. The van der Waals surface area contributed by atoms with Gasteiger partial charge < -0.3 is 25.2 Å². The number of aromatic hydroxyl groups is 1. The summed E-state index contributed by atoms with van der Waals surface area (Å²) < 4.78 is 11.0. The highest BCUT2D eigenvalue weighted by Crippen LogP contribution is 2.34. The molecule has 148 valence electrons. The number of rotatable bonds is 8. The Morgan fingerprint density at radius 3 is 2.61 bits per heavy atom. The van der Waals surface area contributed by atoms with E-state index in [4.69, 9.17) is 9.47 Å². The third-order valence-electron chi connectivity index (χ3n) is 3.95. The number of thioether (sulfide) groups is 1. The Hall–Kier alpha value is -2.87. The van der Waals surface area contributed by atoms with Gasteiger partial charge in [-0.25, -0.2) is 0 Å². The topological polar surface area (TPSA) is 96.9 Å². The minimum absolute atomic E-state index is 0.0513. The lowest BCUT2D eigenvalue weighted by molar-refractivity contribution is -0.118. The molecule has 8 heteroatoms. The molecule has 1 heterocycles. The van der Waals surface area contributed by atoms with Crippen LogP contribution in [0.5, 0.6) is 17.2 Å². The molecule has 28 heavy (non-hydrogen) atoms. The van der Waals surface area contributed by atoms with Crippen LogP contribution in [0.3, 0.4) is 0 Å². The lowest BCUT2D eigenvalue weighted by Gasteiger charge is -2.18. The second-order valence-corrected chi connectivity index (χ2v) is 7.15. The van der Waals surface area contributed by atoms with E-state index in [1.165, 1.54) is 23.9 Å². The molecule has 0 atom stereocenters. The Labute approximate surface area is 167 Å². The van der Waals surface area contributed by atoms with E-state index in [0.717, 1.165) is 10.6 Å². The third kappa shape index (κ3) is 5.82. The fourth-order valence-electron chi connectivity index (χ4n) is 2.58. The Bertz CT molecular complexity index is 843. The van der Waals surface area contributed by atoms with Gasteiger partial charge in [-0.2, -0.15) is 0 Å². The first-order chi connectivity index (χ1) is 13.6. The standard InChI is InChI=1S/C20H22N2O5S/c23-15-4-1-3-14(11-15)20(25)22-8-2-7-21-19(24)13-28-16-5-6-17-18(12-16)27-10-9-26-17/h1,3-6,11-12,23H,2,7-10,13H2,(H,21,24)(H,22,25). The first-order valence-electron chi connectivity index (χ1n) is 8.98. The average Bonchev–Trinajstić information content (AvgIpc) is 2.71. The summed E-state index contributed by atoms with van der Waals surface area (Å²) in [5.41, 5.74) is 0.403. The minimum atomic E-state index is -0.253. The summed E-state index contributed by atoms with van der Waals surface area (Å²) in [5, 5.41) is 15.0. The van der Waals surface area contributed by atoms with Gasteiger partial charge in [0.1, 0.15) is 19.0 Å². The van der Waals surface area contributed by atoms with Crippen molar-refractivity contribution in [3.63, 3.8) is 0 Å². The quantitative estimate of drug-likeness (QED) is 0.463. The molecule has 0 radical (unpaired) electrons. The molecule has 0 spiro atoms. The smallest absolute Gasteiger partial charge is 0.251 e. The summed E-state index contributed by atoms with van der Waals surface area (Å²) in [7, 11) is 0. The summed E-state index contributed by atoms with van der Waals surface area (Å²) in [4.78, 5) is 24.8. The zero-order valence-corrected chi connectivity index (χ0v) is 16.1. The van der Waals surface area contributed by atoms with Crippen LogP contribution in [-0.2, 0) is 4.79 Å². The van der Waals surface area contributed by atoms with Gasteiger partial charge >= 0.3 is 0 Å². The molecule has 2 aromatic rings. The van der Waals surface area contributed by atoms with E-state index in [1.807, 2.05) is 18.2 Å². The van der Waals surface area contributed by atoms with Gasteiger partial charge in [0, 0.05) is 23.5 Å². The maximum atomic E-state index is 12.0. The molecular weight excluding hydrogens is 380 g/mol. The molecule has 1 aliphatic heterocycles. The number of carbonyl (C=O) groups excluding carboxylic acids is 2. The SMILES string of the molecule is O=C(CSc1ccc2c(c1)OCCO2)NCCCNC(=O)c1cccc(O)c1. The van der Waals surface area contributed by atoms with E-state index in [9.17, 15) is 14.7 Å². The minimum Gasteiger partial charge on any atom is -0.508 e. The van der Waals surface area contributed by atoms with Crippen LogP contribution < -0.4 is 20.1 Å². The van der Waals surface area contributed by atoms with E-state index in [0.29, 0.717) is 49.8 Å². The number of benzene rings is 2. The van der Waals surface area contributed by atoms with Gasteiger partial charge in [-0.1, -0.05) is 6.07 Å². The number of hydrogen-bond acceptors (Lipinski definition) is 6. The zero-order valence-electron chi connectivity index (χ0n) is 15.3. The second-order valence-electron chi connectivity index (χ2n) is 6.10. The number of nitrogens with one attached hydrogen (secondary N) is 2. The first-order valence-corrected chi connectivity index (χ1v) is 9.97. The Kier molecular flexibility index (Phi) is 7.02. The maximum absolute atomic E-state index is 12.0. The molecule has 0 fully saturated rings. The summed E-state index contributed by atoms with van der Waals surface area (Å²) in [6.45, 7) is 1.99. The van der Waals surface area contributed by atoms with Crippen LogP contribution >= 0.6 is 11.8 Å². The van der Waals surface area contributed by atoms with E-state index in [-0.39, 0.29) is 17.6 Å². The molecule has 0 aromatic heterocycles. The van der Waals surface area contributed by atoms with Gasteiger partial charge in [0.25, 0.3) is 5.91 Å². The van der Waals surface area contributed by atoms with Crippen LogP contribution in [0, 0.1) is 0 Å². The van der Waals surface area contributed by atoms with Crippen LogP contribution in [0.2, 0.25) is 0 Å². The highest BCUT2D eigenvalue weighted by Gasteiger charge is 2.12. The highest BCUT2D eigenvalue weighted by atomic mass is 32.2. The van der Waals surface area contributed by atoms with Crippen LogP contribution in [0.25, 0.3) is 0 Å². The lowest BCUT2D eigenvalue weighted by Crippen LogP contribution is -2.30. The molecule has 1 aliphatic rings. The van der Waals surface area contributed by atoms with Gasteiger partial charge in [0.2, 0.25) is 5.91 Å². The van der Waals surface area contributed by atoms with E-state index < -0.39 is 0 Å². The van der Waals surface area contributed by atoms with Gasteiger partial charge in [-0.05, 0) is 42.8 Å². The zero-order chi connectivity index (χ0) is 19.8. The van der Waals surface area contributed by atoms with Crippen molar-refractivity contribution in [3.05, 3.63) is 48.0 Å². The highest BCUT2D eigenvalue weighted by molar-refractivity contribution is 8.00. The molecule has 2 aromatic carbocycles.